The van der Waals surface area contributed by atoms with Crippen molar-refractivity contribution >= 4 is 11.8 Å². The molecule has 1 aliphatic carbocycles. The summed E-state index contributed by atoms with van der Waals surface area (Å²) >= 11 is 0. The van der Waals surface area contributed by atoms with E-state index in [1.807, 2.05) is 0 Å². The zero-order valence-electron chi connectivity index (χ0n) is 17.7. The van der Waals surface area contributed by atoms with Gasteiger partial charge in [0.25, 0.3) is 0 Å². The minimum absolute atomic E-state index is 0. The molecule has 6 heteroatoms. The van der Waals surface area contributed by atoms with E-state index in [1.54, 1.807) is 6.92 Å². The number of nitrogens with one attached hydrogen (secondary N) is 1. The third-order valence-corrected chi connectivity index (χ3v) is 4.37. The molecule has 28 heavy (non-hydrogen) atoms. The van der Waals surface area contributed by atoms with Crippen LogP contribution in [-0.4, -0.2) is 35.3 Å². The van der Waals surface area contributed by atoms with E-state index in [9.17, 15) is 4.79 Å². The summed E-state index contributed by atoms with van der Waals surface area (Å²) in [5, 5.41) is 11.5. The van der Waals surface area contributed by atoms with E-state index in [2.05, 4.69) is 43.2 Å². The molecule has 0 spiro atoms. The molecule has 0 unspecified atom stereocenters. The van der Waals surface area contributed by atoms with Gasteiger partial charge in [-0.1, -0.05) is 26.0 Å². The van der Waals surface area contributed by atoms with Crippen LogP contribution in [-0.2, 0) is 22.4 Å². The number of unbranched alkanes of at least 4 members (excludes halogenated alkanes) is 1. The number of fused-ring (bicyclic) bond motifs is 1. The minimum atomic E-state index is -0.769. The Morgan fingerprint density at radius 3 is 2.54 bits per heavy atom. The second kappa shape index (κ2) is 15.8. The van der Waals surface area contributed by atoms with Crippen molar-refractivity contribution in [2.24, 2.45) is 5.92 Å². The molecule has 3 rings (SSSR count). The number of aryl methyl sites for hydroxylation is 2. The summed E-state index contributed by atoms with van der Waals surface area (Å²) < 4.78 is 5.04. The van der Waals surface area contributed by atoms with E-state index in [1.165, 1.54) is 36.9 Å². The first kappa shape index (κ1) is 27.0. The summed E-state index contributed by atoms with van der Waals surface area (Å²) in [4.78, 5) is 14.5. The Bertz CT molecular complexity index is 551. The Labute approximate surface area is 183 Å². The number of anilines is 1. The number of carboxylic acid groups (broad SMARTS) is 1. The van der Waals surface area contributed by atoms with Gasteiger partial charge >= 0.3 is 24.8 Å². The van der Waals surface area contributed by atoms with Crippen molar-refractivity contribution in [3.8, 4) is 0 Å². The van der Waals surface area contributed by atoms with Gasteiger partial charge in [-0.3, -0.25) is 4.79 Å². The zero-order valence-corrected chi connectivity index (χ0v) is 17.7. The number of aromatic nitrogens is 1. The largest absolute Gasteiger partial charge is 1.00 e. The molecule has 0 saturated heterocycles. The van der Waals surface area contributed by atoms with Crippen molar-refractivity contribution in [2.75, 3.05) is 18.5 Å². The standard InChI is InChI=1S/C12H17N2.C5H9O2.C5H9O.Li/c1-2-3-6-11-8-7-10-5-4-9-13-12(10)14-11;1-3-4(2)5(6)7;1-2-6-5-3-4-5;/h7-8H,1-6,9H2,(H,13,14);4H,1,3H2,2H3,(H,6,7);5H,1-4H2;/q3*-1;+1/t;4-;;/m.0../s1. The van der Waals surface area contributed by atoms with E-state index in [0.717, 1.165) is 31.6 Å². The van der Waals surface area contributed by atoms with Crippen LogP contribution in [0.2, 0.25) is 0 Å². The molecule has 0 aromatic carbocycles. The molecule has 0 bridgehead atoms. The average Bonchev–Trinajstić information content (AvgIpc) is 3.51. The summed E-state index contributed by atoms with van der Waals surface area (Å²) in [6.45, 7) is 14.2. The molecule has 1 aromatic heterocycles. The predicted octanol–water partition coefficient (Wildman–Crippen LogP) is 1.53. The minimum Gasteiger partial charge on any atom is -0.481 e. The zero-order chi connectivity index (χ0) is 20.1. The van der Waals surface area contributed by atoms with E-state index in [4.69, 9.17) is 9.84 Å². The van der Waals surface area contributed by atoms with Gasteiger partial charge in [-0.25, -0.2) is 4.98 Å². The van der Waals surface area contributed by atoms with Crippen LogP contribution in [0.3, 0.4) is 0 Å². The van der Waals surface area contributed by atoms with Crippen LogP contribution in [0.1, 0.15) is 56.7 Å². The Kier molecular flexibility index (Phi) is 15.3. The average molecular weight is 382 g/mol. The number of aliphatic carboxylic acids is 1. The molecule has 0 amide bonds. The number of carbonyl (C=O) groups is 1. The SMILES string of the molecule is [CH2-]CCCc1ccc2c(n1)NCCC2.[CH2-]COC1CC1.[CH2-]C[C@H](C)C(=O)O.[Li+]. The molecule has 2 heterocycles. The number of rotatable bonds is 7. The Morgan fingerprint density at radius 2 is 2.07 bits per heavy atom. The van der Waals surface area contributed by atoms with Gasteiger partial charge in [0.2, 0.25) is 0 Å². The van der Waals surface area contributed by atoms with Gasteiger partial charge in [-0.2, -0.15) is 12.8 Å². The van der Waals surface area contributed by atoms with Crippen molar-refractivity contribution in [1.29, 1.82) is 0 Å². The fraction of sp³-hybridized carbons (Fsp3) is 0.591. The first-order chi connectivity index (χ1) is 13.0. The number of nitrogens with zero attached hydrogens (tertiary/aromatic N) is 1. The van der Waals surface area contributed by atoms with Gasteiger partial charge in [0.05, 0.1) is 6.10 Å². The van der Waals surface area contributed by atoms with Crippen molar-refractivity contribution in [3.05, 3.63) is 44.2 Å². The molecule has 1 saturated carbocycles. The normalized spacial score (nSPS) is 15.3. The number of hydrogen-bond donors (Lipinski definition) is 2. The molecule has 154 valence electrons. The smallest absolute Gasteiger partial charge is 0.481 e. The summed E-state index contributed by atoms with van der Waals surface area (Å²) in [5.41, 5.74) is 2.57. The predicted molar refractivity (Wildman–Crippen MR) is 110 cm³/mol. The van der Waals surface area contributed by atoms with Crippen molar-refractivity contribution in [3.63, 3.8) is 0 Å². The van der Waals surface area contributed by atoms with E-state index in [0.29, 0.717) is 19.1 Å². The van der Waals surface area contributed by atoms with Crippen LogP contribution in [0.4, 0.5) is 5.82 Å². The number of pyridine rings is 1. The molecule has 1 atom stereocenters. The molecule has 1 aliphatic heterocycles. The molecular formula is C22H35LiN2O3-2. The van der Waals surface area contributed by atoms with Crippen molar-refractivity contribution < 1.29 is 33.5 Å². The van der Waals surface area contributed by atoms with Gasteiger partial charge in [-0.05, 0) is 43.7 Å². The van der Waals surface area contributed by atoms with Crippen LogP contribution < -0.4 is 24.2 Å². The van der Waals surface area contributed by atoms with Crippen molar-refractivity contribution in [2.45, 2.75) is 64.4 Å². The maximum Gasteiger partial charge on any atom is 1.00 e. The van der Waals surface area contributed by atoms with Gasteiger partial charge in [-0.15, -0.1) is 0 Å². The van der Waals surface area contributed by atoms with Gasteiger partial charge < -0.3 is 35.9 Å². The maximum atomic E-state index is 9.89. The van der Waals surface area contributed by atoms with Gasteiger partial charge in [0.15, 0.2) is 0 Å². The molecule has 2 aliphatic rings. The quantitative estimate of drug-likeness (QED) is 0.553. The van der Waals surface area contributed by atoms with Crippen LogP contribution in [0.25, 0.3) is 0 Å². The Morgan fingerprint density at radius 1 is 1.36 bits per heavy atom. The second-order valence-electron chi connectivity index (χ2n) is 6.90. The van der Waals surface area contributed by atoms with E-state index in [-0.39, 0.29) is 24.8 Å². The monoisotopic (exact) mass is 382 g/mol. The summed E-state index contributed by atoms with van der Waals surface area (Å²) in [5.74, 6) is 0.0489. The Balaban J connectivity index is 0.000000440. The van der Waals surface area contributed by atoms with E-state index < -0.39 is 5.97 Å². The number of hydrogen-bond acceptors (Lipinski definition) is 4. The molecular weight excluding hydrogens is 347 g/mol. The van der Waals surface area contributed by atoms with Crippen LogP contribution >= 0.6 is 0 Å². The summed E-state index contributed by atoms with van der Waals surface area (Å²) in [6.07, 6.45) is 9.15. The van der Waals surface area contributed by atoms with Gasteiger partial charge in [0.1, 0.15) is 5.82 Å². The summed E-state index contributed by atoms with van der Waals surface area (Å²) in [6, 6.07) is 4.37. The first-order valence-corrected chi connectivity index (χ1v) is 9.96. The number of ether oxygens (including phenoxy) is 1. The van der Waals surface area contributed by atoms with Crippen LogP contribution in [0, 0.1) is 26.7 Å². The molecule has 2 N–H and O–H groups in total. The first-order valence-electron chi connectivity index (χ1n) is 9.96. The third-order valence-electron chi connectivity index (χ3n) is 4.37. The second-order valence-corrected chi connectivity index (χ2v) is 6.90. The third kappa shape index (κ3) is 11.7. The molecule has 1 fully saturated rings. The van der Waals surface area contributed by atoms with Crippen LogP contribution in [0.5, 0.6) is 0 Å². The topological polar surface area (TPSA) is 71.5 Å². The Hall–Kier alpha value is -1.02. The fourth-order valence-corrected chi connectivity index (χ4v) is 2.34. The van der Waals surface area contributed by atoms with Crippen molar-refractivity contribution in [1.82, 2.24) is 4.98 Å². The molecule has 0 radical (unpaired) electrons. The van der Waals surface area contributed by atoms with E-state index >= 15 is 0 Å². The fourth-order valence-electron chi connectivity index (χ4n) is 2.34. The van der Waals surface area contributed by atoms with Gasteiger partial charge in [0, 0.05) is 18.2 Å². The van der Waals surface area contributed by atoms with Crippen LogP contribution in [0.15, 0.2) is 12.1 Å². The molecule has 5 nitrogen and oxygen atoms in total. The summed E-state index contributed by atoms with van der Waals surface area (Å²) in [7, 11) is 0. The molecule has 1 aromatic rings. The number of carboxylic acids is 1. The maximum absolute atomic E-state index is 9.89.